The van der Waals surface area contributed by atoms with Crippen LogP contribution in [0.3, 0.4) is 0 Å². The maximum atomic E-state index is 11.8. The van der Waals surface area contributed by atoms with Crippen LogP contribution in [-0.2, 0) is 4.79 Å². The number of hydrogen-bond acceptors (Lipinski definition) is 4. The smallest absolute Gasteiger partial charge is 0.277 e. The van der Waals surface area contributed by atoms with E-state index in [0.29, 0.717) is 5.75 Å². The Hall–Kier alpha value is -3.34. The first-order valence-electron chi connectivity index (χ1n) is 7.83. The number of amides is 1. The second kappa shape index (κ2) is 7.97. The minimum absolute atomic E-state index is 0.112. The quantitative estimate of drug-likeness (QED) is 0.555. The van der Waals surface area contributed by atoms with Gasteiger partial charge in [0.2, 0.25) is 0 Å². The molecule has 0 saturated heterocycles. The number of hydrazone groups is 1. The molecule has 5 heteroatoms. The van der Waals surface area contributed by atoms with Gasteiger partial charge in [-0.15, -0.1) is 0 Å². The van der Waals surface area contributed by atoms with Crippen LogP contribution in [-0.4, -0.2) is 25.8 Å². The third kappa shape index (κ3) is 4.35. The standard InChI is InChI=1S/C20H18N2O3/c1-24-17-9-11-18(12-10-17)25-14-20(23)22-21-13-16-7-4-6-15-5-2-3-8-19(15)16/h2-13H,14H2,1H3,(H,22,23)/b21-13+. The maximum absolute atomic E-state index is 11.8. The van der Waals surface area contributed by atoms with Crippen LogP contribution in [0.4, 0.5) is 0 Å². The highest BCUT2D eigenvalue weighted by molar-refractivity contribution is 5.99. The molecule has 0 aromatic heterocycles. The molecule has 1 N–H and O–H groups in total. The van der Waals surface area contributed by atoms with E-state index in [1.165, 1.54) is 0 Å². The zero-order valence-electron chi connectivity index (χ0n) is 13.8. The zero-order valence-corrected chi connectivity index (χ0v) is 13.8. The first kappa shape index (κ1) is 16.5. The van der Waals surface area contributed by atoms with Crippen LogP contribution in [0.15, 0.2) is 71.8 Å². The maximum Gasteiger partial charge on any atom is 0.277 e. The lowest BCUT2D eigenvalue weighted by molar-refractivity contribution is -0.123. The molecule has 126 valence electrons. The van der Waals surface area contributed by atoms with Gasteiger partial charge in [-0.25, -0.2) is 5.43 Å². The van der Waals surface area contributed by atoms with Gasteiger partial charge in [-0.2, -0.15) is 5.10 Å². The predicted molar refractivity (Wildman–Crippen MR) is 98.2 cm³/mol. The van der Waals surface area contributed by atoms with Gasteiger partial charge in [-0.05, 0) is 35.0 Å². The summed E-state index contributed by atoms with van der Waals surface area (Å²) in [5.74, 6) is 0.998. The van der Waals surface area contributed by atoms with Gasteiger partial charge in [0.25, 0.3) is 5.91 Å². The monoisotopic (exact) mass is 334 g/mol. The molecule has 0 bridgehead atoms. The van der Waals surface area contributed by atoms with E-state index in [4.69, 9.17) is 9.47 Å². The number of methoxy groups -OCH3 is 1. The Bertz CT molecular complexity index is 884. The Morgan fingerprint density at radius 1 is 1.00 bits per heavy atom. The van der Waals surface area contributed by atoms with Gasteiger partial charge in [0.15, 0.2) is 6.61 Å². The number of carbonyl (C=O) groups excluding carboxylic acids is 1. The summed E-state index contributed by atoms with van der Waals surface area (Å²) in [5, 5.41) is 6.21. The highest BCUT2D eigenvalue weighted by Gasteiger charge is 2.02. The van der Waals surface area contributed by atoms with Gasteiger partial charge in [-0.3, -0.25) is 4.79 Å². The number of nitrogens with one attached hydrogen (secondary N) is 1. The molecule has 0 heterocycles. The van der Waals surface area contributed by atoms with Crippen molar-refractivity contribution >= 4 is 22.9 Å². The number of rotatable bonds is 6. The summed E-state index contributed by atoms with van der Waals surface area (Å²) in [6.45, 7) is -0.112. The summed E-state index contributed by atoms with van der Waals surface area (Å²) < 4.78 is 10.5. The number of hydrogen-bond donors (Lipinski definition) is 1. The van der Waals surface area contributed by atoms with Crippen molar-refractivity contribution in [2.45, 2.75) is 0 Å². The van der Waals surface area contributed by atoms with Crippen molar-refractivity contribution < 1.29 is 14.3 Å². The number of benzene rings is 3. The van der Waals surface area contributed by atoms with E-state index in [1.807, 2.05) is 42.5 Å². The van der Waals surface area contributed by atoms with Gasteiger partial charge < -0.3 is 9.47 Å². The van der Waals surface area contributed by atoms with E-state index >= 15 is 0 Å². The number of fused-ring (bicyclic) bond motifs is 1. The molecule has 0 aliphatic carbocycles. The lowest BCUT2D eigenvalue weighted by Gasteiger charge is -2.06. The molecule has 5 nitrogen and oxygen atoms in total. The van der Waals surface area contributed by atoms with Crippen LogP contribution in [0.2, 0.25) is 0 Å². The molecule has 0 fully saturated rings. The molecular weight excluding hydrogens is 316 g/mol. The molecule has 3 aromatic carbocycles. The van der Waals surface area contributed by atoms with Crippen LogP contribution in [0, 0.1) is 0 Å². The number of carbonyl (C=O) groups is 1. The molecule has 0 spiro atoms. The van der Waals surface area contributed by atoms with Crippen molar-refractivity contribution in [3.05, 3.63) is 72.3 Å². The number of nitrogens with zero attached hydrogens (tertiary/aromatic N) is 1. The summed E-state index contributed by atoms with van der Waals surface area (Å²) in [7, 11) is 1.59. The second-order valence-corrected chi connectivity index (χ2v) is 5.33. The van der Waals surface area contributed by atoms with Crippen molar-refractivity contribution in [2.75, 3.05) is 13.7 Å². The lowest BCUT2D eigenvalue weighted by Crippen LogP contribution is -2.24. The summed E-state index contributed by atoms with van der Waals surface area (Å²) in [6, 6.07) is 21.0. The van der Waals surface area contributed by atoms with Gasteiger partial charge in [0.1, 0.15) is 11.5 Å². The average Bonchev–Trinajstić information content (AvgIpc) is 2.67. The molecule has 1 amide bonds. The predicted octanol–water partition coefficient (Wildman–Crippen LogP) is 3.38. The van der Waals surface area contributed by atoms with E-state index in [1.54, 1.807) is 37.6 Å². The minimum Gasteiger partial charge on any atom is -0.497 e. The van der Waals surface area contributed by atoms with Crippen molar-refractivity contribution in [1.82, 2.24) is 5.43 Å². The van der Waals surface area contributed by atoms with Crippen LogP contribution in [0.5, 0.6) is 11.5 Å². The van der Waals surface area contributed by atoms with Crippen molar-refractivity contribution in [3.8, 4) is 11.5 Å². The molecule has 0 saturated carbocycles. The van der Waals surface area contributed by atoms with E-state index in [2.05, 4.69) is 10.5 Å². The Balaban J connectivity index is 1.55. The molecule has 3 aromatic rings. The summed E-state index contributed by atoms with van der Waals surface area (Å²) >= 11 is 0. The average molecular weight is 334 g/mol. The third-order valence-electron chi connectivity index (χ3n) is 3.65. The molecule has 25 heavy (non-hydrogen) atoms. The van der Waals surface area contributed by atoms with Crippen LogP contribution in [0.1, 0.15) is 5.56 Å². The molecular formula is C20H18N2O3. The van der Waals surface area contributed by atoms with E-state index in [9.17, 15) is 4.79 Å². The largest absolute Gasteiger partial charge is 0.497 e. The fourth-order valence-corrected chi connectivity index (χ4v) is 2.39. The molecule has 0 aliphatic heterocycles. The first-order chi connectivity index (χ1) is 12.3. The van der Waals surface area contributed by atoms with E-state index in [-0.39, 0.29) is 12.5 Å². The van der Waals surface area contributed by atoms with Crippen molar-refractivity contribution in [3.63, 3.8) is 0 Å². The summed E-state index contributed by atoms with van der Waals surface area (Å²) in [5.41, 5.74) is 3.41. The molecule has 3 rings (SSSR count). The molecule has 0 atom stereocenters. The zero-order chi connectivity index (χ0) is 17.5. The van der Waals surface area contributed by atoms with E-state index < -0.39 is 0 Å². The number of ether oxygens (including phenoxy) is 2. The minimum atomic E-state index is -0.327. The molecule has 0 radical (unpaired) electrons. The Kier molecular flexibility index (Phi) is 5.26. The second-order valence-electron chi connectivity index (χ2n) is 5.33. The van der Waals surface area contributed by atoms with Gasteiger partial charge in [0.05, 0.1) is 13.3 Å². The fraction of sp³-hybridized carbons (Fsp3) is 0.100. The normalized spacial score (nSPS) is 10.8. The highest BCUT2D eigenvalue weighted by atomic mass is 16.5. The van der Waals surface area contributed by atoms with Gasteiger partial charge in [0, 0.05) is 5.56 Å². The third-order valence-corrected chi connectivity index (χ3v) is 3.65. The van der Waals surface area contributed by atoms with Crippen LogP contribution < -0.4 is 14.9 Å². The van der Waals surface area contributed by atoms with Crippen molar-refractivity contribution in [2.24, 2.45) is 5.10 Å². The Labute approximate surface area is 145 Å². The van der Waals surface area contributed by atoms with Gasteiger partial charge in [-0.1, -0.05) is 42.5 Å². The van der Waals surface area contributed by atoms with Crippen LogP contribution in [0.25, 0.3) is 10.8 Å². The Morgan fingerprint density at radius 2 is 1.72 bits per heavy atom. The summed E-state index contributed by atoms with van der Waals surface area (Å²) in [4.78, 5) is 11.8. The van der Waals surface area contributed by atoms with Crippen LogP contribution >= 0.6 is 0 Å². The van der Waals surface area contributed by atoms with Gasteiger partial charge >= 0.3 is 0 Å². The lowest BCUT2D eigenvalue weighted by atomic mass is 10.1. The SMILES string of the molecule is COc1ccc(OCC(=O)N/N=C/c2cccc3ccccc23)cc1. The summed E-state index contributed by atoms with van der Waals surface area (Å²) in [6.07, 6.45) is 1.63. The topological polar surface area (TPSA) is 59.9 Å². The van der Waals surface area contributed by atoms with E-state index in [0.717, 1.165) is 22.1 Å². The molecule has 0 unspecified atom stereocenters. The first-order valence-corrected chi connectivity index (χ1v) is 7.83. The Morgan fingerprint density at radius 3 is 2.52 bits per heavy atom. The van der Waals surface area contributed by atoms with Crippen molar-refractivity contribution in [1.29, 1.82) is 0 Å². The highest BCUT2D eigenvalue weighted by Crippen LogP contribution is 2.17. The molecule has 0 aliphatic rings. The fourth-order valence-electron chi connectivity index (χ4n) is 2.39.